The van der Waals surface area contributed by atoms with Crippen LogP contribution in [0.5, 0.6) is 0 Å². The van der Waals surface area contributed by atoms with E-state index in [2.05, 4.69) is 69.3 Å². The molecule has 0 spiro atoms. The zero-order chi connectivity index (χ0) is 20.2. The smallest absolute Gasteiger partial charge is 0.227 e. The molecule has 0 amide bonds. The Kier molecular flexibility index (Phi) is 5.80. The fourth-order valence-corrected chi connectivity index (χ4v) is 4.66. The van der Waals surface area contributed by atoms with E-state index >= 15 is 0 Å². The molecule has 2 aromatic carbocycles. The van der Waals surface area contributed by atoms with Gasteiger partial charge in [0.05, 0.1) is 5.52 Å². The van der Waals surface area contributed by atoms with Crippen molar-refractivity contribution < 1.29 is 0 Å². The van der Waals surface area contributed by atoms with E-state index < -0.39 is 0 Å². The number of nitrogens with zero attached hydrogens (tertiary/aromatic N) is 5. The lowest BCUT2D eigenvalue weighted by molar-refractivity contribution is 0.249. The zero-order valence-corrected chi connectivity index (χ0v) is 17.7. The Labute approximate surface area is 179 Å². The van der Waals surface area contributed by atoms with Gasteiger partial charge in [-0.3, -0.25) is 4.90 Å². The molecule has 30 heavy (non-hydrogen) atoms. The van der Waals surface area contributed by atoms with Gasteiger partial charge < -0.3 is 9.80 Å². The van der Waals surface area contributed by atoms with Gasteiger partial charge in [-0.2, -0.15) is 4.98 Å². The van der Waals surface area contributed by atoms with Gasteiger partial charge in [0.2, 0.25) is 5.95 Å². The molecule has 0 bridgehead atoms. The van der Waals surface area contributed by atoms with E-state index in [0.717, 1.165) is 63.1 Å². The van der Waals surface area contributed by atoms with E-state index in [4.69, 9.17) is 9.97 Å². The SMILES string of the molecule is c1ccc(CN2CCN(c3nc(N4CCCCCC4)c4ccccc4n3)CC2)cc1. The van der Waals surface area contributed by atoms with E-state index in [1.807, 2.05) is 0 Å². The van der Waals surface area contributed by atoms with Crippen LogP contribution in [0.4, 0.5) is 11.8 Å². The molecule has 5 heteroatoms. The Morgan fingerprint density at radius 3 is 2.10 bits per heavy atom. The fraction of sp³-hybridized carbons (Fsp3) is 0.440. The monoisotopic (exact) mass is 401 g/mol. The van der Waals surface area contributed by atoms with Gasteiger partial charge in [0.1, 0.15) is 5.82 Å². The number of piperazine rings is 1. The van der Waals surface area contributed by atoms with Gasteiger partial charge in [0.15, 0.2) is 0 Å². The maximum atomic E-state index is 5.12. The van der Waals surface area contributed by atoms with Crippen LogP contribution in [0.2, 0.25) is 0 Å². The van der Waals surface area contributed by atoms with Gasteiger partial charge in [-0.25, -0.2) is 4.98 Å². The standard InChI is InChI=1S/C25H31N5/c1-2-9-15-29(14-8-1)24-22-12-6-7-13-23(22)26-25(27-24)30-18-16-28(17-19-30)20-21-10-4-3-5-11-21/h3-7,10-13H,1-2,8-9,14-20H2. The van der Waals surface area contributed by atoms with Gasteiger partial charge in [0, 0.05) is 51.2 Å². The van der Waals surface area contributed by atoms with E-state index in [0.29, 0.717) is 0 Å². The third-order valence-electron chi connectivity index (χ3n) is 6.38. The van der Waals surface area contributed by atoms with Crippen LogP contribution in [0.3, 0.4) is 0 Å². The highest BCUT2D eigenvalue weighted by Crippen LogP contribution is 2.29. The molecule has 0 unspecified atom stereocenters. The van der Waals surface area contributed by atoms with E-state index in [1.54, 1.807) is 0 Å². The molecule has 0 aliphatic carbocycles. The summed E-state index contributed by atoms with van der Waals surface area (Å²) < 4.78 is 0. The summed E-state index contributed by atoms with van der Waals surface area (Å²) >= 11 is 0. The van der Waals surface area contributed by atoms with Crippen molar-refractivity contribution in [2.24, 2.45) is 0 Å². The summed E-state index contributed by atoms with van der Waals surface area (Å²) in [5.41, 5.74) is 2.45. The van der Waals surface area contributed by atoms with Crippen LogP contribution in [0.1, 0.15) is 31.2 Å². The average Bonchev–Trinajstić information content (AvgIpc) is 3.09. The van der Waals surface area contributed by atoms with Crippen LogP contribution < -0.4 is 9.80 Å². The van der Waals surface area contributed by atoms with Crippen LogP contribution in [0.25, 0.3) is 10.9 Å². The van der Waals surface area contributed by atoms with Gasteiger partial charge in [-0.05, 0) is 30.5 Å². The molecule has 5 nitrogen and oxygen atoms in total. The second-order valence-corrected chi connectivity index (χ2v) is 8.51. The van der Waals surface area contributed by atoms with Crippen molar-refractivity contribution in [3.05, 3.63) is 60.2 Å². The molecular weight excluding hydrogens is 370 g/mol. The quantitative estimate of drug-likeness (QED) is 0.650. The van der Waals surface area contributed by atoms with Crippen molar-refractivity contribution in [3.63, 3.8) is 0 Å². The number of hydrogen-bond donors (Lipinski definition) is 0. The second kappa shape index (κ2) is 9.00. The molecule has 2 aliphatic heterocycles. The lowest BCUT2D eigenvalue weighted by Gasteiger charge is -2.35. The molecule has 2 saturated heterocycles. The molecular formula is C25H31N5. The van der Waals surface area contributed by atoms with Crippen molar-refractivity contribution in [3.8, 4) is 0 Å². The third-order valence-corrected chi connectivity index (χ3v) is 6.38. The molecule has 5 rings (SSSR count). The summed E-state index contributed by atoms with van der Waals surface area (Å²) in [6.07, 6.45) is 5.17. The minimum absolute atomic E-state index is 0.896. The topological polar surface area (TPSA) is 35.5 Å². The predicted octanol–water partition coefficient (Wildman–Crippen LogP) is 4.33. The molecule has 0 saturated carbocycles. The summed E-state index contributed by atoms with van der Waals surface area (Å²) in [4.78, 5) is 17.5. The lowest BCUT2D eigenvalue weighted by atomic mass is 10.2. The van der Waals surface area contributed by atoms with Crippen LogP contribution in [0.15, 0.2) is 54.6 Å². The molecule has 0 radical (unpaired) electrons. The van der Waals surface area contributed by atoms with Gasteiger partial charge in [-0.15, -0.1) is 0 Å². The molecule has 156 valence electrons. The normalized spacial score (nSPS) is 18.5. The molecule has 1 aromatic heterocycles. The number of anilines is 2. The van der Waals surface area contributed by atoms with Crippen LogP contribution in [-0.4, -0.2) is 54.1 Å². The van der Waals surface area contributed by atoms with Crippen molar-refractivity contribution in [2.45, 2.75) is 32.2 Å². The minimum Gasteiger partial charge on any atom is -0.356 e. The van der Waals surface area contributed by atoms with Gasteiger partial charge in [0.25, 0.3) is 0 Å². The average molecular weight is 402 g/mol. The molecule has 3 aromatic rings. The Balaban J connectivity index is 1.35. The van der Waals surface area contributed by atoms with Crippen LogP contribution in [0, 0.1) is 0 Å². The van der Waals surface area contributed by atoms with Crippen molar-refractivity contribution in [2.75, 3.05) is 49.1 Å². The Morgan fingerprint density at radius 2 is 1.33 bits per heavy atom. The maximum Gasteiger partial charge on any atom is 0.227 e. The third kappa shape index (κ3) is 4.26. The van der Waals surface area contributed by atoms with Gasteiger partial charge >= 0.3 is 0 Å². The van der Waals surface area contributed by atoms with E-state index in [1.165, 1.54) is 36.6 Å². The first-order valence-electron chi connectivity index (χ1n) is 11.4. The Morgan fingerprint density at radius 1 is 0.633 bits per heavy atom. The summed E-state index contributed by atoms with van der Waals surface area (Å²) in [5, 5.41) is 1.19. The van der Waals surface area contributed by atoms with E-state index in [9.17, 15) is 0 Å². The second-order valence-electron chi connectivity index (χ2n) is 8.51. The highest BCUT2D eigenvalue weighted by atomic mass is 15.3. The van der Waals surface area contributed by atoms with Crippen molar-refractivity contribution in [1.82, 2.24) is 14.9 Å². The maximum absolute atomic E-state index is 5.12. The Hall–Kier alpha value is -2.66. The number of rotatable bonds is 4. The largest absolute Gasteiger partial charge is 0.356 e. The first kappa shape index (κ1) is 19.3. The summed E-state index contributed by atoms with van der Waals surface area (Å²) in [6, 6.07) is 19.3. The number of hydrogen-bond acceptors (Lipinski definition) is 5. The minimum atomic E-state index is 0.896. The fourth-order valence-electron chi connectivity index (χ4n) is 4.66. The molecule has 2 fully saturated rings. The molecule has 0 atom stereocenters. The first-order valence-corrected chi connectivity index (χ1v) is 11.4. The number of aromatic nitrogens is 2. The summed E-state index contributed by atoms with van der Waals surface area (Å²) in [7, 11) is 0. The summed E-state index contributed by atoms with van der Waals surface area (Å²) in [5.74, 6) is 2.02. The predicted molar refractivity (Wildman–Crippen MR) is 124 cm³/mol. The highest BCUT2D eigenvalue weighted by molar-refractivity contribution is 5.90. The highest BCUT2D eigenvalue weighted by Gasteiger charge is 2.22. The van der Waals surface area contributed by atoms with Crippen LogP contribution in [-0.2, 0) is 6.54 Å². The number of fused-ring (bicyclic) bond motifs is 1. The van der Waals surface area contributed by atoms with E-state index in [-0.39, 0.29) is 0 Å². The molecule has 2 aliphatic rings. The Bertz CT molecular complexity index is 958. The van der Waals surface area contributed by atoms with Crippen molar-refractivity contribution >= 4 is 22.7 Å². The van der Waals surface area contributed by atoms with Gasteiger partial charge in [-0.1, -0.05) is 55.3 Å². The van der Waals surface area contributed by atoms with Crippen molar-refractivity contribution in [1.29, 1.82) is 0 Å². The summed E-state index contributed by atoms with van der Waals surface area (Å²) in [6.45, 7) is 7.27. The van der Waals surface area contributed by atoms with Crippen LogP contribution >= 0.6 is 0 Å². The zero-order valence-electron chi connectivity index (χ0n) is 17.7. The molecule has 3 heterocycles. The lowest BCUT2D eigenvalue weighted by Crippen LogP contribution is -2.46. The first-order chi connectivity index (χ1) is 14.9. The number of benzene rings is 2. The molecule has 0 N–H and O–H groups in total. The number of para-hydroxylation sites is 1.